The van der Waals surface area contributed by atoms with Crippen LogP contribution in [0.3, 0.4) is 0 Å². The second kappa shape index (κ2) is 8.17. The molecule has 7 nitrogen and oxygen atoms in total. The Balaban J connectivity index is 1.75. The number of nitrogens with zero attached hydrogens (tertiary/aromatic N) is 6. The first-order valence-electron chi connectivity index (χ1n) is 9.70. The number of nitrogen functional groups attached to an aromatic ring is 1. The van der Waals surface area contributed by atoms with Gasteiger partial charge < -0.3 is 20.4 Å². The van der Waals surface area contributed by atoms with Crippen LogP contribution in [0.15, 0.2) is 0 Å². The molecule has 1 aliphatic heterocycles. The molecule has 0 unspecified atom stereocenters. The first kappa shape index (κ1) is 18.2. The van der Waals surface area contributed by atoms with Crippen LogP contribution in [0, 0.1) is 0 Å². The van der Waals surface area contributed by atoms with Crippen LogP contribution in [0.25, 0.3) is 0 Å². The SMILES string of the molecule is CN1CCC(N(C)c2nc(N)nc(N(C)C3CCCCCC3)n2)CC1. The van der Waals surface area contributed by atoms with Crippen molar-refractivity contribution in [2.75, 3.05) is 49.8 Å². The van der Waals surface area contributed by atoms with Crippen molar-refractivity contribution in [3.05, 3.63) is 0 Å². The molecule has 0 bridgehead atoms. The highest BCUT2D eigenvalue weighted by molar-refractivity contribution is 5.44. The Morgan fingerprint density at radius 2 is 1.28 bits per heavy atom. The first-order chi connectivity index (χ1) is 12.0. The number of likely N-dealkylation sites (tertiary alicyclic amines) is 1. The zero-order chi connectivity index (χ0) is 17.8. The van der Waals surface area contributed by atoms with Crippen LogP contribution in [0.5, 0.6) is 0 Å². The van der Waals surface area contributed by atoms with Gasteiger partial charge in [0.25, 0.3) is 0 Å². The molecule has 3 rings (SSSR count). The number of hydrogen-bond donors (Lipinski definition) is 1. The van der Waals surface area contributed by atoms with Gasteiger partial charge in [-0.05, 0) is 45.8 Å². The van der Waals surface area contributed by atoms with Crippen LogP contribution in [0.1, 0.15) is 51.4 Å². The smallest absolute Gasteiger partial charge is 0.231 e. The summed E-state index contributed by atoms with van der Waals surface area (Å²) in [4.78, 5) is 20.4. The maximum absolute atomic E-state index is 6.02. The van der Waals surface area contributed by atoms with Gasteiger partial charge in [0.2, 0.25) is 17.8 Å². The van der Waals surface area contributed by atoms with E-state index < -0.39 is 0 Å². The van der Waals surface area contributed by atoms with Gasteiger partial charge in [0.15, 0.2) is 0 Å². The summed E-state index contributed by atoms with van der Waals surface area (Å²) in [6.07, 6.45) is 9.95. The number of nitrogens with two attached hydrogens (primary N) is 1. The molecule has 0 atom stereocenters. The zero-order valence-corrected chi connectivity index (χ0v) is 16.0. The predicted octanol–water partition coefficient (Wildman–Crippen LogP) is 2.14. The molecule has 0 radical (unpaired) electrons. The van der Waals surface area contributed by atoms with Crippen LogP contribution in [-0.4, -0.2) is 66.2 Å². The average molecular weight is 348 g/mol. The fourth-order valence-electron chi connectivity index (χ4n) is 4.04. The Morgan fingerprint density at radius 1 is 0.800 bits per heavy atom. The number of rotatable bonds is 4. The standard InChI is InChI=1S/C18H33N7/c1-23-12-10-15(11-13-23)25(3)18-21-16(19)20-17(22-18)24(2)14-8-6-4-5-7-9-14/h14-15H,4-13H2,1-3H3,(H2,19,20,21,22). The summed E-state index contributed by atoms with van der Waals surface area (Å²) in [6, 6.07) is 0.972. The summed E-state index contributed by atoms with van der Waals surface area (Å²) in [5, 5.41) is 0. The van der Waals surface area contributed by atoms with E-state index in [0.29, 0.717) is 29.9 Å². The van der Waals surface area contributed by atoms with E-state index in [1.54, 1.807) is 0 Å². The van der Waals surface area contributed by atoms with Gasteiger partial charge in [-0.3, -0.25) is 0 Å². The summed E-state index contributed by atoms with van der Waals surface area (Å²) >= 11 is 0. The van der Waals surface area contributed by atoms with Crippen LogP contribution >= 0.6 is 0 Å². The third-order valence-electron chi connectivity index (χ3n) is 5.87. The Bertz CT molecular complexity index is 548. The molecule has 0 spiro atoms. The van der Waals surface area contributed by atoms with Crippen molar-refractivity contribution in [1.29, 1.82) is 0 Å². The Hall–Kier alpha value is -1.63. The Morgan fingerprint density at radius 3 is 1.80 bits per heavy atom. The predicted molar refractivity (Wildman–Crippen MR) is 103 cm³/mol. The Kier molecular flexibility index (Phi) is 5.93. The van der Waals surface area contributed by atoms with E-state index in [2.05, 4.69) is 45.8 Å². The molecule has 1 aromatic heterocycles. The third kappa shape index (κ3) is 4.51. The fourth-order valence-corrected chi connectivity index (χ4v) is 4.04. The molecule has 0 aromatic carbocycles. The largest absolute Gasteiger partial charge is 0.368 e. The molecular weight excluding hydrogens is 314 g/mol. The fraction of sp³-hybridized carbons (Fsp3) is 0.833. The third-order valence-corrected chi connectivity index (χ3v) is 5.87. The van der Waals surface area contributed by atoms with E-state index >= 15 is 0 Å². The minimum atomic E-state index is 0.320. The van der Waals surface area contributed by atoms with Crippen LogP contribution in [-0.2, 0) is 0 Å². The second-order valence-electron chi connectivity index (χ2n) is 7.70. The molecule has 2 fully saturated rings. The molecule has 7 heteroatoms. The maximum atomic E-state index is 6.02. The molecule has 1 aromatic rings. The van der Waals surface area contributed by atoms with E-state index in [4.69, 9.17) is 10.7 Å². The van der Waals surface area contributed by atoms with E-state index in [9.17, 15) is 0 Å². The van der Waals surface area contributed by atoms with E-state index in [0.717, 1.165) is 25.9 Å². The van der Waals surface area contributed by atoms with Gasteiger partial charge in [0.1, 0.15) is 0 Å². The molecule has 1 saturated heterocycles. The van der Waals surface area contributed by atoms with E-state index in [1.165, 1.54) is 38.5 Å². The molecule has 2 N–H and O–H groups in total. The molecule has 2 aliphatic rings. The van der Waals surface area contributed by atoms with Gasteiger partial charge in [-0.1, -0.05) is 25.7 Å². The van der Waals surface area contributed by atoms with Gasteiger partial charge in [0.05, 0.1) is 0 Å². The number of aromatic nitrogens is 3. The quantitative estimate of drug-likeness (QED) is 0.836. The highest BCUT2D eigenvalue weighted by Crippen LogP contribution is 2.26. The summed E-state index contributed by atoms with van der Waals surface area (Å²) < 4.78 is 0. The number of anilines is 3. The van der Waals surface area contributed by atoms with Crippen molar-refractivity contribution < 1.29 is 0 Å². The molecule has 140 valence electrons. The highest BCUT2D eigenvalue weighted by atomic mass is 15.4. The van der Waals surface area contributed by atoms with Gasteiger partial charge in [-0.2, -0.15) is 15.0 Å². The lowest BCUT2D eigenvalue weighted by Crippen LogP contribution is -2.43. The normalized spacial score (nSPS) is 21.1. The summed E-state index contributed by atoms with van der Waals surface area (Å²) in [5.74, 6) is 1.74. The zero-order valence-electron chi connectivity index (χ0n) is 16.0. The summed E-state index contributed by atoms with van der Waals surface area (Å²) in [5.41, 5.74) is 6.02. The molecule has 1 aliphatic carbocycles. The minimum Gasteiger partial charge on any atom is -0.368 e. The minimum absolute atomic E-state index is 0.320. The lowest BCUT2D eigenvalue weighted by molar-refractivity contribution is 0.252. The van der Waals surface area contributed by atoms with E-state index in [1.807, 2.05) is 0 Å². The average Bonchev–Trinajstić information content (AvgIpc) is 2.90. The van der Waals surface area contributed by atoms with Gasteiger partial charge in [0, 0.05) is 26.2 Å². The maximum Gasteiger partial charge on any atom is 0.231 e. The molecule has 25 heavy (non-hydrogen) atoms. The van der Waals surface area contributed by atoms with Crippen LogP contribution in [0.2, 0.25) is 0 Å². The number of piperidine rings is 1. The highest BCUT2D eigenvalue weighted by Gasteiger charge is 2.25. The van der Waals surface area contributed by atoms with Crippen molar-refractivity contribution in [3.63, 3.8) is 0 Å². The summed E-state index contributed by atoms with van der Waals surface area (Å²) in [7, 11) is 6.36. The number of hydrogen-bond acceptors (Lipinski definition) is 7. The lowest BCUT2D eigenvalue weighted by atomic mass is 10.0. The molecular formula is C18H33N7. The molecule has 0 amide bonds. The van der Waals surface area contributed by atoms with Crippen molar-refractivity contribution in [1.82, 2.24) is 19.9 Å². The molecule has 1 saturated carbocycles. The van der Waals surface area contributed by atoms with Gasteiger partial charge in [-0.25, -0.2) is 0 Å². The van der Waals surface area contributed by atoms with Crippen molar-refractivity contribution >= 4 is 17.8 Å². The van der Waals surface area contributed by atoms with E-state index in [-0.39, 0.29) is 0 Å². The molecule has 2 heterocycles. The van der Waals surface area contributed by atoms with Crippen LogP contribution < -0.4 is 15.5 Å². The van der Waals surface area contributed by atoms with Crippen molar-refractivity contribution in [2.45, 2.75) is 63.5 Å². The van der Waals surface area contributed by atoms with Crippen molar-refractivity contribution in [2.24, 2.45) is 0 Å². The first-order valence-corrected chi connectivity index (χ1v) is 9.70. The van der Waals surface area contributed by atoms with Crippen LogP contribution in [0.4, 0.5) is 17.8 Å². The summed E-state index contributed by atoms with van der Waals surface area (Å²) in [6.45, 7) is 2.23. The van der Waals surface area contributed by atoms with Gasteiger partial charge >= 0.3 is 0 Å². The van der Waals surface area contributed by atoms with Gasteiger partial charge in [-0.15, -0.1) is 0 Å². The second-order valence-corrected chi connectivity index (χ2v) is 7.70. The topological polar surface area (TPSA) is 74.4 Å². The monoisotopic (exact) mass is 347 g/mol. The Labute approximate surface area is 151 Å². The lowest BCUT2D eigenvalue weighted by Gasteiger charge is -2.35. The van der Waals surface area contributed by atoms with Crippen molar-refractivity contribution in [3.8, 4) is 0 Å².